The number of rotatable bonds is 8. The minimum absolute atomic E-state index is 0.00185. The fraction of sp³-hybridized carbons (Fsp3) is 0.435. The van der Waals surface area contributed by atoms with E-state index in [1.54, 1.807) is 0 Å². The topological polar surface area (TPSA) is 50.8 Å². The summed E-state index contributed by atoms with van der Waals surface area (Å²) < 4.78 is 11.8. The van der Waals surface area contributed by atoms with Gasteiger partial charge in [-0.05, 0) is 61.7 Å². The summed E-state index contributed by atoms with van der Waals surface area (Å²) in [5, 5.41) is 2.89. The maximum atomic E-state index is 11.2. The van der Waals surface area contributed by atoms with Gasteiger partial charge in [-0.25, -0.2) is 0 Å². The van der Waals surface area contributed by atoms with E-state index in [1.165, 1.54) is 18.2 Å². The number of nitrogens with one attached hydrogen (secondary N) is 1. The van der Waals surface area contributed by atoms with E-state index in [-0.39, 0.29) is 18.1 Å². The molecule has 0 aromatic heterocycles. The average molecular weight is 383 g/mol. The van der Waals surface area contributed by atoms with E-state index >= 15 is 0 Å². The van der Waals surface area contributed by atoms with Crippen molar-refractivity contribution >= 4 is 11.6 Å². The van der Waals surface area contributed by atoms with Gasteiger partial charge in [-0.2, -0.15) is 0 Å². The molecule has 2 aromatic carbocycles. The first-order valence-corrected chi connectivity index (χ1v) is 9.98. The third kappa shape index (κ3) is 4.97. The smallest absolute Gasteiger partial charge is 0.217 e. The minimum atomic E-state index is -0.0253. The molecule has 0 bridgehead atoms. The van der Waals surface area contributed by atoms with Gasteiger partial charge < -0.3 is 19.7 Å². The molecule has 2 aromatic rings. The van der Waals surface area contributed by atoms with E-state index in [2.05, 4.69) is 36.2 Å². The van der Waals surface area contributed by atoms with Crippen molar-refractivity contribution in [3.8, 4) is 11.5 Å². The molecular formula is C23H30N2O3. The van der Waals surface area contributed by atoms with Crippen molar-refractivity contribution in [2.45, 2.75) is 46.3 Å². The molecule has 1 saturated heterocycles. The van der Waals surface area contributed by atoms with Gasteiger partial charge in [-0.15, -0.1) is 0 Å². The minimum Gasteiger partial charge on any atom is -0.494 e. The van der Waals surface area contributed by atoms with Gasteiger partial charge in [-0.1, -0.05) is 19.1 Å². The summed E-state index contributed by atoms with van der Waals surface area (Å²) in [7, 11) is 0. The Labute approximate surface area is 167 Å². The highest BCUT2D eigenvalue weighted by molar-refractivity contribution is 5.73. The number of carbonyl (C=O) groups excluding carboxylic acids is 1. The summed E-state index contributed by atoms with van der Waals surface area (Å²) in [5.41, 5.74) is 3.53. The Balaban J connectivity index is 1.51. The van der Waals surface area contributed by atoms with Gasteiger partial charge in [0.25, 0.3) is 0 Å². The van der Waals surface area contributed by atoms with Crippen LogP contribution in [0.4, 0.5) is 5.69 Å². The van der Waals surface area contributed by atoms with Crippen molar-refractivity contribution in [3.05, 3.63) is 53.6 Å². The molecule has 0 radical (unpaired) electrons. The average Bonchev–Trinajstić information content (AvgIpc) is 2.63. The van der Waals surface area contributed by atoms with E-state index in [0.717, 1.165) is 43.2 Å². The van der Waals surface area contributed by atoms with Crippen LogP contribution in [-0.4, -0.2) is 31.7 Å². The normalized spacial score (nSPS) is 14.9. The van der Waals surface area contributed by atoms with E-state index in [9.17, 15) is 4.79 Å². The van der Waals surface area contributed by atoms with Gasteiger partial charge in [0.15, 0.2) is 0 Å². The SMILES string of the molecule is CCCOc1ccc(N2CC(Oc3ccc([C@H](C)NC(C)=O)cc3)C2)c(C)c1. The van der Waals surface area contributed by atoms with Crippen LogP contribution in [0.2, 0.25) is 0 Å². The fourth-order valence-corrected chi connectivity index (χ4v) is 3.42. The monoisotopic (exact) mass is 382 g/mol. The number of anilines is 1. The Morgan fingerprint density at radius 2 is 1.86 bits per heavy atom. The lowest BCUT2D eigenvalue weighted by Crippen LogP contribution is -2.54. The highest BCUT2D eigenvalue weighted by atomic mass is 16.5. The molecule has 1 fully saturated rings. The second-order valence-corrected chi connectivity index (χ2v) is 7.43. The summed E-state index contributed by atoms with van der Waals surface area (Å²) in [6, 6.07) is 14.2. The van der Waals surface area contributed by atoms with E-state index in [0.29, 0.717) is 0 Å². The maximum Gasteiger partial charge on any atom is 0.217 e. The lowest BCUT2D eigenvalue weighted by atomic mass is 10.1. The van der Waals surface area contributed by atoms with Gasteiger partial charge >= 0.3 is 0 Å². The van der Waals surface area contributed by atoms with E-state index in [1.807, 2.05) is 37.3 Å². The molecule has 150 valence electrons. The van der Waals surface area contributed by atoms with Crippen LogP contribution in [0.25, 0.3) is 0 Å². The second-order valence-electron chi connectivity index (χ2n) is 7.43. The molecule has 1 amide bonds. The summed E-state index contributed by atoms with van der Waals surface area (Å²) in [6.45, 7) is 10.2. The van der Waals surface area contributed by atoms with Crippen LogP contribution in [-0.2, 0) is 4.79 Å². The molecule has 5 heteroatoms. The molecule has 5 nitrogen and oxygen atoms in total. The quantitative estimate of drug-likeness (QED) is 0.742. The number of carbonyl (C=O) groups is 1. The maximum absolute atomic E-state index is 11.2. The molecule has 1 heterocycles. The van der Waals surface area contributed by atoms with Crippen molar-refractivity contribution in [2.24, 2.45) is 0 Å². The molecule has 0 unspecified atom stereocenters. The first kappa shape index (κ1) is 20.1. The predicted molar refractivity (Wildman–Crippen MR) is 112 cm³/mol. The first-order valence-electron chi connectivity index (χ1n) is 9.98. The Bertz CT molecular complexity index is 798. The highest BCUT2D eigenvalue weighted by Crippen LogP contribution is 2.30. The van der Waals surface area contributed by atoms with Crippen LogP contribution in [0.15, 0.2) is 42.5 Å². The Kier molecular flexibility index (Phi) is 6.45. The standard InChI is InChI=1S/C23H30N2O3/c1-5-12-27-21-10-11-23(16(2)13-21)25-14-22(15-25)28-20-8-6-19(7-9-20)17(3)24-18(4)26/h6-11,13,17,22H,5,12,14-15H2,1-4H3,(H,24,26)/t17-/m0/s1. The zero-order valence-corrected chi connectivity index (χ0v) is 17.2. The van der Waals surface area contributed by atoms with Gasteiger partial charge in [0.1, 0.15) is 17.6 Å². The number of aryl methyl sites for hydroxylation is 1. The second kappa shape index (κ2) is 9.00. The van der Waals surface area contributed by atoms with Crippen LogP contribution in [0.5, 0.6) is 11.5 Å². The molecule has 0 saturated carbocycles. The number of ether oxygens (including phenoxy) is 2. The van der Waals surface area contributed by atoms with Gasteiger partial charge in [-0.3, -0.25) is 4.79 Å². The molecule has 1 N–H and O–H groups in total. The zero-order valence-electron chi connectivity index (χ0n) is 17.2. The largest absolute Gasteiger partial charge is 0.494 e. The molecule has 0 aliphatic carbocycles. The predicted octanol–water partition coefficient (Wildman–Crippen LogP) is 4.25. The lowest BCUT2D eigenvalue weighted by molar-refractivity contribution is -0.119. The van der Waals surface area contributed by atoms with E-state index in [4.69, 9.17) is 9.47 Å². The zero-order chi connectivity index (χ0) is 20.1. The molecule has 1 aliphatic heterocycles. The van der Waals surface area contributed by atoms with Crippen molar-refractivity contribution in [1.29, 1.82) is 0 Å². The number of nitrogens with zero attached hydrogens (tertiary/aromatic N) is 1. The Morgan fingerprint density at radius 1 is 1.18 bits per heavy atom. The number of hydrogen-bond donors (Lipinski definition) is 1. The number of amides is 1. The van der Waals surface area contributed by atoms with Crippen LogP contribution in [0.1, 0.15) is 44.4 Å². The number of hydrogen-bond acceptors (Lipinski definition) is 4. The third-order valence-electron chi connectivity index (χ3n) is 4.93. The van der Waals surface area contributed by atoms with Crippen molar-refractivity contribution in [2.75, 3.05) is 24.6 Å². The van der Waals surface area contributed by atoms with Gasteiger partial charge in [0, 0.05) is 12.6 Å². The van der Waals surface area contributed by atoms with Crippen molar-refractivity contribution < 1.29 is 14.3 Å². The van der Waals surface area contributed by atoms with Crippen LogP contribution in [0.3, 0.4) is 0 Å². The van der Waals surface area contributed by atoms with Gasteiger partial charge in [0.2, 0.25) is 5.91 Å². The summed E-state index contributed by atoms with van der Waals surface area (Å²) in [6.07, 6.45) is 1.20. The Hall–Kier alpha value is -2.69. The first-order chi connectivity index (χ1) is 13.5. The summed E-state index contributed by atoms with van der Waals surface area (Å²) in [5.74, 6) is 1.77. The number of benzene rings is 2. The third-order valence-corrected chi connectivity index (χ3v) is 4.93. The molecule has 1 atom stereocenters. The van der Waals surface area contributed by atoms with E-state index < -0.39 is 0 Å². The van der Waals surface area contributed by atoms with Crippen molar-refractivity contribution in [1.82, 2.24) is 5.32 Å². The molecule has 0 spiro atoms. The summed E-state index contributed by atoms with van der Waals surface area (Å²) >= 11 is 0. The van der Waals surface area contributed by atoms with Crippen LogP contribution >= 0.6 is 0 Å². The van der Waals surface area contributed by atoms with Crippen LogP contribution < -0.4 is 19.7 Å². The molecule has 3 rings (SSSR count). The lowest BCUT2D eigenvalue weighted by Gasteiger charge is -2.41. The fourth-order valence-electron chi connectivity index (χ4n) is 3.42. The molecule has 1 aliphatic rings. The Morgan fingerprint density at radius 3 is 2.46 bits per heavy atom. The van der Waals surface area contributed by atoms with Gasteiger partial charge in [0.05, 0.1) is 25.7 Å². The van der Waals surface area contributed by atoms with Crippen LogP contribution in [0, 0.1) is 6.92 Å². The molecule has 28 heavy (non-hydrogen) atoms. The van der Waals surface area contributed by atoms with Crippen molar-refractivity contribution in [3.63, 3.8) is 0 Å². The highest BCUT2D eigenvalue weighted by Gasteiger charge is 2.29. The molecular weight excluding hydrogens is 352 g/mol. The summed E-state index contributed by atoms with van der Waals surface area (Å²) in [4.78, 5) is 13.5.